The highest BCUT2D eigenvalue weighted by atomic mass is 16.1. The molecule has 5 nitrogen and oxygen atoms in total. The van der Waals surface area contributed by atoms with Gasteiger partial charge in [0.05, 0.1) is 11.9 Å². The van der Waals surface area contributed by atoms with Gasteiger partial charge in [0.2, 0.25) is 5.91 Å². The molecular weight excluding hydrogens is 228 g/mol. The molecule has 0 saturated carbocycles. The normalized spacial score (nSPS) is 11.9. The molecule has 1 aromatic heterocycles. The second kappa shape index (κ2) is 6.83. The molecule has 0 aliphatic carbocycles. The minimum absolute atomic E-state index is 0.0593. The van der Waals surface area contributed by atoms with Gasteiger partial charge in [-0.3, -0.25) is 4.79 Å². The van der Waals surface area contributed by atoms with Gasteiger partial charge in [0, 0.05) is 19.0 Å². The third-order valence-electron chi connectivity index (χ3n) is 2.83. The predicted molar refractivity (Wildman–Crippen MR) is 74.4 cm³/mol. The molecule has 0 aliphatic heterocycles. The summed E-state index contributed by atoms with van der Waals surface area (Å²) in [5, 5.41) is 6.02. The smallest absolute Gasteiger partial charge is 0.221 e. The van der Waals surface area contributed by atoms with Crippen LogP contribution in [0.3, 0.4) is 0 Å². The van der Waals surface area contributed by atoms with E-state index >= 15 is 0 Å². The second-order valence-corrected chi connectivity index (χ2v) is 4.48. The molecule has 1 aromatic rings. The fourth-order valence-corrected chi connectivity index (χ4v) is 1.42. The monoisotopic (exact) mass is 250 g/mol. The summed E-state index contributed by atoms with van der Waals surface area (Å²) < 4.78 is 0. The molecule has 1 rings (SSSR count). The Labute approximate surface area is 108 Å². The highest BCUT2D eigenvalue weighted by molar-refractivity contribution is 5.76. The Bertz CT molecular complexity index is 406. The first-order chi connectivity index (χ1) is 8.52. The van der Waals surface area contributed by atoms with Gasteiger partial charge in [-0.25, -0.2) is 4.98 Å². The van der Waals surface area contributed by atoms with Crippen LogP contribution in [0.1, 0.15) is 32.3 Å². The molecule has 18 heavy (non-hydrogen) atoms. The maximum absolute atomic E-state index is 11.5. The zero-order chi connectivity index (χ0) is 13.5. The number of carbonyl (C=O) groups excluding carboxylic acids is 1. The third kappa shape index (κ3) is 4.61. The van der Waals surface area contributed by atoms with E-state index in [-0.39, 0.29) is 11.9 Å². The standard InChI is InChI=1S/C13H22N4O/c1-4-10(3)17-13(18)5-6-15-12-7-9(2)11(14)8-16-12/h7-8,10H,4-6,14H2,1-3H3,(H,15,16)(H,17,18). The van der Waals surface area contributed by atoms with E-state index in [0.717, 1.165) is 17.8 Å². The number of rotatable bonds is 6. The molecule has 100 valence electrons. The maximum atomic E-state index is 11.5. The first-order valence-electron chi connectivity index (χ1n) is 6.28. The summed E-state index contributed by atoms with van der Waals surface area (Å²) in [6.45, 7) is 6.54. The third-order valence-corrected chi connectivity index (χ3v) is 2.83. The van der Waals surface area contributed by atoms with Crippen LogP contribution in [0.5, 0.6) is 0 Å². The summed E-state index contributed by atoms with van der Waals surface area (Å²) in [5.74, 6) is 0.807. The van der Waals surface area contributed by atoms with E-state index in [0.29, 0.717) is 18.7 Å². The molecule has 1 atom stereocenters. The molecule has 0 saturated heterocycles. The van der Waals surface area contributed by atoms with Crippen molar-refractivity contribution in [3.8, 4) is 0 Å². The molecule has 0 fully saturated rings. The van der Waals surface area contributed by atoms with Gasteiger partial charge in [0.1, 0.15) is 5.82 Å². The van der Waals surface area contributed by atoms with Gasteiger partial charge in [-0.1, -0.05) is 6.92 Å². The summed E-state index contributed by atoms with van der Waals surface area (Å²) in [7, 11) is 0. The summed E-state index contributed by atoms with van der Waals surface area (Å²) in [4.78, 5) is 15.7. The number of amides is 1. The molecule has 1 heterocycles. The van der Waals surface area contributed by atoms with E-state index in [1.807, 2.05) is 26.8 Å². The first kappa shape index (κ1) is 14.3. The zero-order valence-electron chi connectivity index (χ0n) is 11.3. The molecule has 0 aromatic carbocycles. The number of nitrogens with two attached hydrogens (primary N) is 1. The number of aryl methyl sites for hydroxylation is 1. The van der Waals surface area contributed by atoms with Crippen LogP contribution in [0, 0.1) is 6.92 Å². The van der Waals surface area contributed by atoms with E-state index in [1.165, 1.54) is 0 Å². The Hall–Kier alpha value is -1.78. The topological polar surface area (TPSA) is 80.0 Å². The number of hydrogen-bond acceptors (Lipinski definition) is 4. The molecule has 5 heteroatoms. The molecule has 0 bridgehead atoms. The van der Waals surface area contributed by atoms with Crippen molar-refractivity contribution in [2.45, 2.75) is 39.7 Å². The van der Waals surface area contributed by atoms with Crippen LogP contribution in [-0.4, -0.2) is 23.5 Å². The van der Waals surface area contributed by atoms with E-state index in [1.54, 1.807) is 6.20 Å². The van der Waals surface area contributed by atoms with Crippen LogP contribution < -0.4 is 16.4 Å². The summed E-state index contributed by atoms with van der Waals surface area (Å²) in [6.07, 6.45) is 3.00. The Morgan fingerprint density at radius 3 is 2.89 bits per heavy atom. The lowest BCUT2D eigenvalue weighted by molar-refractivity contribution is -0.121. The van der Waals surface area contributed by atoms with Crippen molar-refractivity contribution in [1.82, 2.24) is 10.3 Å². The number of anilines is 2. The molecule has 0 spiro atoms. The average molecular weight is 250 g/mol. The summed E-state index contributed by atoms with van der Waals surface area (Å²) >= 11 is 0. The fourth-order valence-electron chi connectivity index (χ4n) is 1.42. The number of carbonyl (C=O) groups is 1. The van der Waals surface area contributed by atoms with E-state index < -0.39 is 0 Å². The number of hydrogen-bond donors (Lipinski definition) is 3. The summed E-state index contributed by atoms with van der Waals surface area (Å²) in [5.41, 5.74) is 7.34. The Morgan fingerprint density at radius 1 is 1.56 bits per heavy atom. The van der Waals surface area contributed by atoms with Gasteiger partial charge in [-0.05, 0) is 31.9 Å². The Morgan fingerprint density at radius 2 is 2.28 bits per heavy atom. The first-order valence-corrected chi connectivity index (χ1v) is 6.28. The largest absolute Gasteiger partial charge is 0.397 e. The van der Waals surface area contributed by atoms with E-state index in [9.17, 15) is 4.79 Å². The lowest BCUT2D eigenvalue weighted by atomic mass is 10.2. The van der Waals surface area contributed by atoms with Crippen molar-refractivity contribution in [2.24, 2.45) is 0 Å². The quantitative estimate of drug-likeness (QED) is 0.717. The van der Waals surface area contributed by atoms with Gasteiger partial charge < -0.3 is 16.4 Å². The SMILES string of the molecule is CCC(C)NC(=O)CCNc1cc(C)c(N)cn1. The predicted octanol–water partition coefficient (Wildman–Crippen LogP) is 1.69. The van der Waals surface area contributed by atoms with Crippen molar-refractivity contribution in [3.63, 3.8) is 0 Å². The van der Waals surface area contributed by atoms with Gasteiger partial charge >= 0.3 is 0 Å². The average Bonchev–Trinajstić information content (AvgIpc) is 2.33. The van der Waals surface area contributed by atoms with Crippen LogP contribution in [0.15, 0.2) is 12.3 Å². The van der Waals surface area contributed by atoms with E-state index in [2.05, 4.69) is 15.6 Å². The van der Waals surface area contributed by atoms with Crippen molar-refractivity contribution in [3.05, 3.63) is 17.8 Å². The molecule has 1 amide bonds. The number of nitrogens with one attached hydrogen (secondary N) is 2. The van der Waals surface area contributed by atoms with Crippen LogP contribution in [-0.2, 0) is 4.79 Å². The van der Waals surface area contributed by atoms with Gasteiger partial charge in [-0.2, -0.15) is 0 Å². The molecule has 1 unspecified atom stereocenters. The van der Waals surface area contributed by atoms with Crippen molar-refractivity contribution >= 4 is 17.4 Å². The van der Waals surface area contributed by atoms with E-state index in [4.69, 9.17) is 5.73 Å². The Balaban J connectivity index is 2.33. The van der Waals surface area contributed by atoms with Crippen LogP contribution >= 0.6 is 0 Å². The zero-order valence-corrected chi connectivity index (χ0v) is 11.3. The summed E-state index contributed by atoms with van der Waals surface area (Å²) in [6, 6.07) is 2.11. The van der Waals surface area contributed by atoms with Crippen molar-refractivity contribution in [2.75, 3.05) is 17.6 Å². The van der Waals surface area contributed by atoms with Crippen molar-refractivity contribution in [1.29, 1.82) is 0 Å². The second-order valence-electron chi connectivity index (χ2n) is 4.48. The van der Waals surface area contributed by atoms with Crippen LogP contribution in [0.25, 0.3) is 0 Å². The molecule has 0 radical (unpaired) electrons. The lowest BCUT2D eigenvalue weighted by Gasteiger charge is -2.12. The molecule has 0 aliphatic rings. The maximum Gasteiger partial charge on any atom is 0.221 e. The van der Waals surface area contributed by atoms with Crippen molar-refractivity contribution < 1.29 is 4.79 Å². The fraction of sp³-hybridized carbons (Fsp3) is 0.538. The number of nitrogen functional groups attached to an aromatic ring is 1. The number of nitrogens with zero attached hydrogens (tertiary/aromatic N) is 1. The number of aromatic nitrogens is 1. The highest BCUT2D eigenvalue weighted by Gasteiger charge is 2.05. The van der Waals surface area contributed by atoms with Crippen LogP contribution in [0.2, 0.25) is 0 Å². The van der Waals surface area contributed by atoms with Gasteiger partial charge in [0.15, 0.2) is 0 Å². The Kier molecular flexibility index (Phi) is 5.42. The van der Waals surface area contributed by atoms with Gasteiger partial charge in [0.25, 0.3) is 0 Å². The minimum Gasteiger partial charge on any atom is -0.397 e. The van der Waals surface area contributed by atoms with Gasteiger partial charge in [-0.15, -0.1) is 0 Å². The molecular formula is C13H22N4O. The highest BCUT2D eigenvalue weighted by Crippen LogP contribution is 2.12. The molecule has 4 N–H and O–H groups in total. The number of pyridine rings is 1. The minimum atomic E-state index is 0.0593. The van der Waals surface area contributed by atoms with Crippen LogP contribution in [0.4, 0.5) is 11.5 Å². The lowest BCUT2D eigenvalue weighted by Crippen LogP contribution is -2.33.